The molecule has 2 N–H and O–H groups in total. The maximum absolute atomic E-state index is 5.95. The predicted octanol–water partition coefficient (Wildman–Crippen LogP) is 2.65. The van der Waals surface area contributed by atoms with Crippen LogP contribution in [0.5, 0.6) is 0 Å². The Hall–Kier alpha value is -0.380. The van der Waals surface area contributed by atoms with E-state index in [1.165, 1.54) is 29.3 Å². The molecule has 0 spiro atoms. The highest BCUT2D eigenvalue weighted by molar-refractivity contribution is 7.12. The number of hydrogen-bond donors (Lipinski definition) is 1. The molecule has 2 heterocycles. The van der Waals surface area contributed by atoms with Gasteiger partial charge in [-0.05, 0) is 37.4 Å². The summed E-state index contributed by atoms with van der Waals surface area (Å²) in [5.41, 5.74) is 5.95. The minimum Gasteiger partial charge on any atom is -0.329 e. The minimum absolute atomic E-state index is 0.454. The lowest BCUT2D eigenvalue weighted by atomic mass is 10.2. The maximum Gasteiger partial charge on any atom is 0.0564 e. The molecule has 1 aromatic rings. The van der Waals surface area contributed by atoms with Gasteiger partial charge in [-0.2, -0.15) is 0 Å². The average Bonchev–Trinajstić information content (AvgIpc) is 2.89. The van der Waals surface area contributed by atoms with Gasteiger partial charge in [0.25, 0.3) is 0 Å². The van der Waals surface area contributed by atoms with Crippen molar-refractivity contribution in [2.75, 3.05) is 19.6 Å². The summed E-state index contributed by atoms with van der Waals surface area (Å²) in [5, 5.41) is 0. The Morgan fingerprint density at radius 2 is 2.38 bits per heavy atom. The smallest absolute Gasteiger partial charge is 0.0564 e. The molecule has 2 unspecified atom stereocenters. The van der Waals surface area contributed by atoms with Crippen molar-refractivity contribution in [2.45, 2.75) is 32.7 Å². The van der Waals surface area contributed by atoms with Gasteiger partial charge in [0.2, 0.25) is 0 Å². The van der Waals surface area contributed by atoms with Crippen LogP contribution in [0.15, 0.2) is 12.1 Å². The van der Waals surface area contributed by atoms with E-state index in [0.717, 1.165) is 18.9 Å². The second kappa shape index (κ2) is 5.30. The van der Waals surface area contributed by atoms with E-state index >= 15 is 0 Å². The van der Waals surface area contributed by atoms with E-state index < -0.39 is 0 Å². The summed E-state index contributed by atoms with van der Waals surface area (Å²) in [6.07, 6.45) is 2.46. The molecule has 2 atom stereocenters. The molecule has 16 heavy (non-hydrogen) atoms. The average molecular weight is 238 g/mol. The number of nitrogens with zero attached hydrogens (tertiary/aromatic N) is 1. The highest BCUT2D eigenvalue weighted by Gasteiger charge is 2.26. The fourth-order valence-corrected chi connectivity index (χ4v) is 3.56. The molecule has 2 nitrogen and oxygen atoms in total. The van der Waals surface area contributed by atoms with Gasteiger partial charge in [0.05, 0.1) is 6.04 Å². The van der Waals surface area contributed by atoms with E-state index in [0.29, 0.717) is 6.04 Å². The first kappa shape index (κ1) is 12.1. The molecule has 90 valence electrons. The number of likely N-dealkylation sites (tertiary alicyclic amines) is 1. The normalized spacial score (nSPS) is 23.8. The molecule has 0 radical (unpaired) electrons. The first-order chi connectivity index (χ1) is 7.74. The Kier molecular flexibility index (Phi) is 4.00. The van der Waals surface area contributed by atoms with Crippen LogP contribution < -0.4 is 5.73 Å². The quantitative estimate of drug-likeness (QED) is 0.874. The Morgan fingerprint density at radius 1 is 1.56 bits per heavy atom. The van der Waals surface area contributed by atoms with Crippen molar-refractivity contribution >= 4 is 11.3 Å². The first-order valence-corrected chi connectivity index (χ1v) is 7.09. The number of hydrogen-bond acceptors (Lipinski definition) is 3. The molecule has 0 aromatic carbocycles. The lowest BCUT2D eigenvalue weighted by Gasteiger charge is -2.25. The molecule has 1 aromatic heterocycles. The molecule has 3 heteroatoms. The summed E-state index contributed by atoms with van der Waals surface area (Å²) < 4.78 is 0. The second-order valence-electron chi connectivity index (χ2n) is 4.80. The summed E-state index contributed by atoms with van der Waals surface area (Å²) in [5.74, 6) is 0.833. The Balaban J connectivity index is 2.09. The first-order valence-electron chi connectivity index (χ1n) is 6.27. The third-order valence-electron chi connectivity index (χ3n) is 3.48. The van der Waals surface area contributed by atoms with Gasteiger partial charge in [0.1, 0.15) is 0 Å². The standard InChI is InChI=1S/C13H22N2S/c1-3-11-4-5-13(16-11)12(8-14)15-7-6-10(2)9-15/h4-5,10,12H,3,6-9,14H2,1-2H3. The van der Waals surface area contributed by atoms with Gasteiger partial charge >= 0.3 is 0 Å². The van der Waals surface area contributed by atoms with Gasteiger partial charge in [-0.1, -0.05) is 13.8 Å². The lowest BCUT2D eigenvalue weighted by Crippen LogP contribution is -2.31. The van der Waals surface area contributed by atoms with E-state index in [2.05, 4.69) is 30.9 Å². The fraction of sp³-hybridized carbons (Fsp3) is 0.692. The largest absolute Gasteiger partial charge is 0.329 e. The Labute approximate surface area is 102 Å². The highest BCUT2D eigenvalue weighted by Crippen LogP contribution is 2.31. The zero-order valence-corrected chi connectivity index (χ0v) is 11.1. The van der Waals surface area contributed by atoms with Crippen molar-refractivity contribution in [3.05, 3.63) is 21.9 Å². The van der Waals surface area contributed by atoms with Crippen LogP contribution in [0.4, 0.5) is 0 Å². The Bertz CT molecular complexity index is 334. The molecule has 1 fully saturated rings. The topological polar surface area (TPSA) is 29.3 Å². The SMILES string of the molecule is CCc1ccc(C(CN)N2CCC(C)C2)s1. The van der Waals surface area contributed by atoms with Crippen LogP contribution in [0.3, 0.4) is 0 Å². The van der Waals surface area contributed by atoms with Gasteiger partial charge < -0.3 is 5.73 Å². The number of rotatable bonds is 4. The van der Waals surface area contributed by atoms with Crippen LogP contribution in [0.1, 0.15) is 36.1 Å². The molecular weight excluding hydrogens is 216 g/mol. The van der Waals surface area contributed by atoms with Crippen molar-refractivity contribution in [3.8, 4) is 0 Å². The third kappa shape index (κ3) is 2.47. The summed E-state index contributed by atoms with van der Waals surface area (Å²) in [4.78, 5) is 5.48. The number of aryl methyl sites for hydroxylation is 1. The number of nitrogens with two attached hydrogens (primary N) is 1. The molecular formula is C13H22N2S. The van der Waals surface area contributed by atoms with Crippen LogP contribution in [-0.4, -0.2) is 24.5 Å². The van der Waals surface area contributed by atoms with Crippen molar-refractivity contribution in [2.24, 2.45) is 11.7 Å². The van der Waals surface area contributed by atoms with Crippen molar-refractivity contribution in [1.82, 2.24) is 4.90 Å². The lowest BCUT2D eigenvalue weighted by molar-refractivity contribution is 0.247. The summed E-state index contributed by atoms with van der Waals surface area (Å²) in [6, 6.07) is 4.97. The summed E-state index contributed by atoms with van der Waals surface area (Å²) >= 11 is 1.93. The van der Waals surface area contributed by atoms with E-state index in [9.17, 15) is 0 Å². The molecule has 2 rings (SSSR count). The van der Waals surface area contributed by atoms with E-state index in [-0.39, 0.29) is 0 Å². The highest BCUT2D eigenvalue weighted by atomic mass is 32.1. The Morgan fingerprint density at radius 3 is 2.88 bits per heavy atom. The van der Waals surface area contributed by atoms with E-state index in [4.69, 9.17) is 5.73 Å². The molecule has 0 aliphatic carbocycles. The summed E-state index contributed by atoms with van der Waals surface area (Å²) in [6.45, 7) is 7.71. The minimum atomic E-state index is 0.454. The second-order valence-corrected chi connectivity index (χ2v) is 6.00. The van der Waals surface area contributed by atoms with Gasteiger partial charge in [0, 0.05) is 22.8 Å². The summed E-state index contributed by atoms with van der Waals surface area (Å²) in [7, 11) is 0. The predicted molar refractivity (Wildman–Crippen MR) is 70.8 cm³/mol. The van der Waals surface area contributed by atoms with Crippen LogP contribution >= 0.6 is 11.3 Å². The van der Waals surface area contributed by atoms with Crippen LogP contribution in [0.2, 0.25) is 0 Å². The zero-order chi connectivity index (χ0) is 11.5. The van der Waals surface area contributed by atoms with Crippen molar-refractivity contribution in [3.63, 3.8) is 0 Å². The van der Waals surface area contributed by atoms with Crippen LogP contribution in [0, 0.1) is 5.92 Å². The monoisotopic (exact) mass is 238 g/mol. The molecule has 1 aliphatic heterocycles. The maximum atomic E-state index is 5.95. The van der Waals surface area contributed by atoms with Gasteiger partial charge in [0.15, 0.2) is 0 Å². The van der Waals surface area contributed by atoms with Crippen LogP contribution in [0.25, 0.3) is 0 Å². The van der Waals surface area contributed by atoms with Gasteiger partial charge in [-0.3, -0.25) is 4.90 Å². The molecule has 1 aliphatic rings. The molecule has 0 amide bonds. The van der Waals surface area contributed by atoms with Gasteiger partial charge in [-0.25, -0.2) is 0 Å². The van der Waals surface area contributed by atoms with Crippen LogP contribution in [-0.2, 0) is 6.42 Å². The third-order valence-corrected chi connectivity index (χ3v) is 4.81. The number of thiophene rings is 1. The fourth-order valence-electron chi connectivity index (χ4n) is 2.46. The van der Waals surface area contributed by atoms with Gasteiger partial charge in [-0.15, -0.1) is 11.3 Å². The van der Waals surface area contributed by atoms with E-state index in [1.54, 1.807) is 0 Å². The van der Waals surface area contributed by atoms with Crippen molar-refractivity contribution in [1.29, 1.82) is 0 Å². The molecule has 1 saturated heterocycles. The van der Waals surface area contributed by atoms with E-state index in [1.807, 2.05) is 11.3 Å². The molecule has 0 saturated carbocycles. The zero-order valence-electron chi connectivity index (χ0n) is 10.3. The molecule has 0 bridgehead atoms. The van der Waals surface area contributed by atoms with Crippen molar-refractivity contribution < 1.29 is 0 Å².